The molecule has 0 fully saturated rings. The van der Waals surface area contributed by atoms with Crippen LogP contribution in [-0.4, -0.2) is 24.9 Å². The van der Waals surface area contributed by atoms with E-state index >= 15 is 0 Å². The number of aryl methyl sites for hydroxylation is 1. The molecule has 0 unspecified atom stereocenters. The predicted octanol–water partition coefficient (Wildman–Crippen LogP) is 5.30. The Labute approximate surface area is 186 Å². The molecule has 5 nitrogen and oxygen atoms in total. The van der Waals surface area contributed by atoms with Crippen molar-refractivity contribution in [2.24, 2.45) is 0 Å². The van der Waals surface area contributed by atoms with Crippen LogP contribution in [0.5, 0.6) is 0 Å². The van der Waals surface area contributed by atoms with Gasteiger partial charge in [0.25, 0.3) is 11.8 Å². The molecule has 1 N–H and O–H groups in total. The van der Waals surface area contributed by atoms with Gasteiger partial charge in [-0.3, -0.25) is 9.59 Å². The molecule has 1 aromatic heterocycles. The molecule has 2 amide bonds. The van der Waals surface area contributed by atoms with E-state index in [9.17, 15) is 9.59 Å². The average Bonchev–Trinajstić information content (AvgIpc) is 3.37. The van der Waals surface area contributed by atoms with E-state index in [4.69, 9.17) is 0 Å². The predicted molar refractivity (Wildman–Crippen MR) is 129 cm³/mol. The Kier molecular flexibility index (Phi) is 5.91. The fraction of sp³-hybridized carbons (Fsp3) is 0.200. The summed E-state index contributed by atoms with van der Waals surface area (Å²) in [4.78, 5) is 31.0. The van der Waals surface area contributed by atoms with E-state index in [-0.39, 0.29) is 11.8 Å². The third kappa shape index (κ3) is 3.99. The largest absolute Gasteiger partial charge is 0.372 e. The lowest BCUT2D eigenvalue weighted by molar-refractivity contribution is -0.120. The molecule has 2 aromatic carbocycles. The highest BCUT2D eigenvalue weighted by Crippen LogP contribution is 2.35. The third-order valence-electron chi connectivity index (χ3n) is 5.38. The maximum Gasteiger partial charge on any atom is 0.282 e. The van der Waals surface area contributed by atoms with Crippen molar-refractivity contribution in [3.63, 3.8) is 0 Å². The Bertz CT molecular complexity index is 1130. The van der Waals surface area contributed by atoms with Crippen LogP contribution in [-0.2, 0) is 9.59 Å². The normalized spacial score (nSPS) is 13.8. The van der Waals surface area contributed by atoms with Crippen LogP contribution in [0.4, 0.5) is 17.1 Å². The molecule has 31 heavy (non-hydrogen) atoms. The van der Waals surface area contributed by atoms with E-state index in [1.807, 2.05) is 66.9 Å². The van der Waals surface area contributed by atoms with Crippen LogP contribution in [0, 0.1) is 6.92 Å². The van der Waals surface area contributed by atoms with Crippen molar-refractivity contribution in [2.45, 2.75) is 20.8 Å². The van der Waals surface area contributed by atoms with Crippen molar-refractivity contribution in [1.82, 2.24) is 0 Å². The zero-order valence-electron chi connectivity index (χ0n) is 17.9. The number of hydrogen-bond acceptors (Lipinski definition) is 5. The highest BCUT2D eigenvalue weighted by atomic mass is 32.1. The molecule has 3 aromatic rings. The Morgan fingerprint density at radius 1 is 0.935 bits per heavy atom. The molecule has 6 heteroatoms. The zero-order chi connectivity index (χ0) is 22.0. The number of rotatable bonds is 7. The van der Waals surface area contributed by atoms with Crippen molar-refractivity contribution in [3.05, 3.63) is 82.2 Å². The van der Waals surface area contributed by atoms with E-state index in [0.717, 1.165) is 34.9 Å². The summed E-state index contributed by atoms with van der Waals surface area (Å²) in [6.45, 7) is 8.04. The molecule has 0 saturated heterocycles. The van der Waals surface area contributed by atoms with Crippen molar-refractivity contribution in [2.75, 3.05) is 28.2 Å². The van der Waals surface area contributed by atoms with Gasteiger partial charge >= 0.3 is 0 Å². The van der Waals surface area contributed by atoms with Crippen molar-refractivity contribution in [1.29, 1.82) is 0 Å². The number of nitrogens with one attached hydrogen (secondary N) is 1. The summed E-state index contributed by atoms with van der Waals surface area (Å²) in [6, 6.07) is 19.1. The Morgan fingerprint density at radius 3 is 2.29 bits per heavy atom. The van der Waals surface area contributed by atoms with E-state index in [1.165, 1.54) is 16.2 Å². The van der Waals surface area contributed by atoms with Gasteiger partial charge in [0.05, 0.1) is 11.3 Å². The van der Waals surface area contributed by atoms with E-state index < -0.39 is 0 Å². The molecule has 1 aliphatic rings. The van der Waals surface area contributed by atoms with Gasteiger partial charge in [-0.15, -0.1) is 11.3 Å². The van der Waals surface area contributed by atoms with Gasteiger partial charge in [-0.2, -0.15) is 0 Å². The summed E-state index contributed by atoms with van der Waals surface area (Å²) >= 11 is 1.45. The maximum atomic E-state index is 13.4. The number of anilines is 3. The van der Waals surface area contributed by atoms with Gasteiger partial charge in [0, 0.05) is 29.3 Å². The van der Waals surface area contributed by atoms with Crippen LogP contribution in [0.2, 0.25) is 0 Å². The second-order valence-corrected chi connectivity index (χ2v) is 8.30. The highest BCUT2D eigenvalue weighted by Gasteiger charge is 2.40. The van der Waals surface area contributed by atoms with E-state index in [2.05, 4.69) is 24.1 Å². The molecule has 4 rings (SSSR count). The summed E-state index contributed by atoms with van der Waals surface area (Å²) in [5.41, 5.74) is 4.19. The molecule has 0 atom stereocenters. The third-order valence-corrected chi connectivity index (χ3v) is 6.26. The SMILES string of the molecule is CCN(CC)c1ccc(NC2=C(c3cccs3)C(=O)N(c3cccc(C)c3)C2=O)cc1. The van der Waals surface area contributed by atoms with Crippen molar-refractivity contribution in [3.8, 4) is 0 Å². The zero-order valence-corrected chi connectivity index (χ0v) is 18.7. The van der Waals surface area contributed by atoms with Gasteiger partial charge < -0.3 is 10.2 Å². The minimum absolute atomic E-state index is 0.305. The molecule has 0 spiro atoms. The maximum absolute atomic E-state index is 13.4. The fourth-order valence-corrected chi connectivity index (χ4v) is 4.55. The van der Waals surface area contributed by atoms with Gasteiger partial charge in [0.2, 0.25) is 0 Å². The summed E-state index contributed by atoms with van der Waals surface area (Å²) in [5, 5.41) is 5.14. The van der Waals surface area contributed by atoms with Crippen LogP contribution in [0.15, 0.2) is 71.7 Å². The van der Waals surface area contributed by atoms with Crippen molar-refractivity contribution < 1.29 is 9.59 Å². The van der Waals surface area contributed by atoms with Gasteiger partial charge in [0.1, 0.15) is 5.70 Å². The summed E-state index contributed by atoms with van der Waals surface area (Å²) < 4.78 is 0. The van der Waals surface area contributed by atoms with Gasteiger partial charge in [-0.1, -0.05) is 18.2 Å². The Balaban J connectivity index is 1.71. The molecule has 0 radical (unpaired) electrons. The van der Waals surface area contributed by atoms with Gasteiger partial charge in [0.15, 0.2) is 0 Å². The molecule has 158 valence electrons. The number of hydrogen-bond donors (Lipinski definition) is 1. The highest BCUT2D eigenvalue weighted by molar-refractivity contribution is 7.11. The topological polar surface area (TPSA) is 52.7 Å². The number of amides is 2. The minimum atomic E-state index is -0.341. The van der Waals surface area contributed by atoms with Crippen LogP contribution in [0.25, 0.3) is 5.57 Å². The van der Waals surface area contributed by atoms with Crippen LogP contribution >= 0.6 is 11.3 Å². The second-order valence-electron chi connectivity index (χ2n) is 7.36. The first kappa shape index (κ1) is 20.9. The molecule has 0 bridgehead atoms. The van der Waals surface area contributed by atoms with E-state index in [0.29, 0.717) is 17.0 Å². The average molecular weight is 432 g/mol. The second kappa shape index (κ2) is 8.78. The summed E-state index contributed by atoms with van der Waals surface area (Å²) in [7, 11) is 0. The van der Waals surface area contributed by atoms with Gasteiger partial charge in [-0.05, 0) is 74.2 Å². The quantitative estimate of drug-likeness (QED) is 0.516. The van der Waals surface area contributed by atoms with E-state index in [1.54, 1.807) is 6.07 Å². The lowest BCUT2D eigenvalue weighted by Gasteiger charge is -2.21. The molecular weight excluding hydrogens is 406 g/mol. The van der Waals surface area contributed by atoms with Crippen LogP contribution in [0.1, 0.15) is 24.3 Å². The number of benzene rings is 2. The lowest BCUT2D eigenvalue weighted by atomic mass is 10.1. The van der Waals surface area contributed by atoms with Gasteiger partial charge in [-0.25, -0.2) is 4.90 Å². The molecule has 2 heterocycles. The van der Waals surface area contributed by atoms with Crippen LogP contribution in [0.3, 0.4) is 0 Å². The number of carbonyl (C=O) groups is 2. The first-order valence-electron chi connectivity index (χ1n) is 10.4. The number of thiophene rings is 1. The molecule has 0 aliphatic carbocycles. The number of imide groups is 1. The smallest absolute Gasteiger partial charge is 0.282 e. The molecule has 1 aliphatic heterocycles. The Morgan fingerprint density at radius 2 is 1.68 bits per heavy atom. The minimum Gasteiger partial charge on any atom is -0.372 e. The first-order chi connectivity index (χ1) is 15.0. The standard InChI is InChI=1S/C25H25N3O2S/c1-4-27(5-2)19-13-11-18(12-14-19)26-23-22(21-10-7-15-31-21)24(29)28(25(23)30)20-9-6-8-17(3)16-20/h6-16,26H,4-5H2,1-3H3. The Hall–Kier alpha value is -3.38. The molecular formula is C25H25N3O2S. The number of carbonyl (C=O) groups excluding carboxylic acids is 2. The number of nitrogens with zero attached hydrogens (tertiary/aromatic N) is 2. The summed E-state index contributed by atoms with van der Waals surface area (Å²) in [6.07, 6.45) is 0. The monoisotopic (exact) mass is 431 g/mol. The summed E-state index contributed by atoms with van der Waals surface area (Å²) in [5.74, 6) is -0.646. The molecule has 0 saturated carbocycles. The van der Waals surface area contributed by atoms with Crippen molar-refractivity contribution >= 4 is 45.8 Å². The fourth-order valence-electron chi connectivity index (χ4n) is 3.79. The first-order valence-corrected chi connectivity index (χ1v) is 11.3. The lowest BCUT2D eigenvalue weighted by Crippen LogP contribution is -2.32. The van der Waals surface area contributed by atoms with Crippen LogP contribution < -0.4 is 15.1 Å².